The first-order valence-electron chi connectivity index (χ1n) is 8.02. The summed E-state index contributed by atoms with van der Waals surface area (Å²) in [5, 5.41) is 7.54. The first kappa shape index (κ1) is 16.3. The first-order valence-corrected chi connectivity index (χ1v) is 8.96. The molecule has 0 spiro atoms. The van der Waals surface area contributed by atoms with Gasteiger partial charge in [-0.2, -0.15) is 0 Å². The van der Waals surface area contributed by atoms with Crippen LogP contribution in [0.5, 0.6) is 5.75 Å². The van der Waals surface area contributed by atoms with E-state index in [0.717, 1.165) is 16.9 Å². The Morgan fingerprint density at radius 3 is 3.00 bits per heavy atom. The van der Waals surface area contributed by atoms with Crippen LogP contribution < -0.4 is 15.4 Å². The van der Waals surface area contributed by atoms with Gasteiger partial charge in [-0.05, 0) is 35.9 Å². The molecule has 2 heterocycles. The fraction of sp³-hybridized carbons (Fsp3) is 0.105. The number of para-hydroxylation sites is 1. The highest BCUT2D eigenvalue weighted by atomic mass is 32.1. The van der Waals surface area contributed by atoms with Crippen LogP contribution in [0.3, 0.4) is 0 Å². The molecule has 0 bridgehead atoms. The average Bonchev–Trinajstić information content (AvgIpc) is 3.28. The molecule has 1 aromatic heterocycles. The lowest BCUT2D eigenvalue weighted by molar-refractivity contribution is -0.115. The topological polar surface area (TPSA) is 80.3 Å². The van der Waals surface area contributed by atoms with Crippen molar-refractivity contribution in [1.82, 2.24) is 4.98 Å². The molecule has 0 fully saturated rings. The van der Waals surface area contributed by atoms with Gasteiger partial charge in [-0.15, -0.1) is 11.3 Å². The summed E-state index contributed by atoms with van der Waals surface area (Å²) in [6.07, 6.45) is 0.326. The Kier molecular flexibility index (Phi) is 4.37. The third-order valence-electron chi connectivity index (χ3n) is 3.98. The summed E-state index contributed by atoms with van der Waals surface area (Å²) in [5.74, 6) is 0.191. The van der Waals surface area contributed by atoms with Gasteiger partial charge in [0.2, 0.25) is 5.91 Å². The summed E-state index contributed by atoms with van der Waals surface area (Å²) < 4.78 is 5.76. The van der Waals surface area contributed by atoms with Crippen LogP contribution in [0.15, 0.2) is 53.4 Å². The average molecular weight is 365 g/mol. The van der Waals surface area contributed by atoms with Gasteiger partial charge < -0.3 is 15.4 Å². The Balaban J connectivity index is 1.50. The number of ether oxygens (including phenoxy) is 1. The van der Waals surface area contributed by atoms with Gasteiger partial charge in [0.25, 0.3) is 5.91 Å². The van der Waals surface area contributed by atoms with Crippen molar-refractivity contribution in [2.75, 3.05) is 10.6 Å². The second-order valence-corrected chi connectivity index (χ2v) is 6.53. The normalized spacial score (nSPS) is 12.4. The molecule has 0 radical (unpaired) electrons. The molecule has 0 saturated carbocycles. The van der Waals surface area contributed by atoms with Gasteiger partial charge >= 0.3 is 0 Å². The predicted octanol–water partition coefficient (Wildman–Crippen LogP) is 3.47. The van der Waals surface area contributed by atoms with Gasteiger partial charge in [0.1, 0.15) is 12.4 Å². The van der Waals surface area contributed by atoms with Crippen LogP contribution in [0.1, 0.15) is 21.6 Å². The molecule has 2 aromatic carbocycles. The van der Waals surface area contributed by atoms with Crippen LogP contribution >= 0.6 is 11.3 Å². The summed E-state index contributed by atoms with van der Waals surface area (Å²) in [7, 11) is 0. The highest BCUT2D eigenvalue weighted by Crippen LogP contribution is 2.27. The van der Waals surface area contributed by atoms with E-state index >= 15 is 0 Å². The van der Waals surface area contributed by atoms with E-state index in [2.05, 4.69) is 15.6 Å². The van der Waals surface area contributed by atoms with Crippen molar-refractivity contribution in [3.8, 4) is 5.75 Å². The number of hydrogen-bond acceptors (Lipinski definition) is 5. The molecular weight excluding hydrogens is 350 g/mol. The van der Waals surface area contributed by atoms with Crippen LogP contribution in [0.4, 0.5) is 11.4 Å². The van der Waals surface area contributed by atoms with Crippen LogP contribution in [-0.2, 0) is 17.8 Å². The number of fused-ring (bicyclic) bond motifs is 1. The molecule has 7 heteroatoms. The molecule has 0 aliphatic carbocycles. The van der Waals surface area contributed by atoms with Gasteiger partial charge in [0.15, 0.2) is 0 Å². The van der Waals surface area contributed by atoms with Gasteiger partial charge in [-0.1, -0.05) is 12.1 Å². The minimum absolute atomic E-state index is 0.0377. The molecule has 1 aliphatic heterocycles. The van der Waals surface area contributed by atoms with Crippen molar-refractivity contribution in [2.24, 2.45) is 0 Å². The number of amides is 2. The number of carbonyl (C=O) groups excluding carboxylic acids is 2. The van der Waals surface area contributed by atoms with Crippen LogP contribution in [0, 0.1) is 0 Å². The van der Waals surface area contributed by atoms with Crippen molar-refractivity contribution < 1.29 is 14.3 Å². The van der Waals surface area contributed by atoms with Crippen LogP contribution in [-0.4, -0.2) is 16.8 Å². The molecule has 3 aromatic rings. The monoisotopic (exact) mass is 365 g/mol. The minimum Gasteiger partial charge on any atom is -0.486 e. The number of benzene rings is 2. The molecule has 0 unspecified atom stereocenters. The first-order chi connectivity index (χ1) is 12.7. The minimum atomic E-state index is -0.267. The number of nitrogens with one attached hydrogen (secondary N) is 2. The molecular formula is C19H15N3O3S. The van der Waals surface area contributed by atoms with E-state index in [-0.39, 0.29) is 11.8 Å². The Labute approximate surface area is 153 Å². The SMILES string of the molecule is O=C1Cc2cc(NC(=O)c3ccccc3OCc3cscn3)ccc2N1. The van der Waals surface area contributed by atoms with E-state index in [1.165, 1.54) is 11.3 Å². The third kappa shape index (κ3) is 3.43. The maximum Gasteiger partial charge on any atom is 0.259 e. The summed E-state index contributed by atoms with van der Waals surface area (Å²) in [4.78, 5) is 28.3. The molecule has 2 amide bonds. The molecule has 1 aliphatic rings. The molecule has 6 nitrogen and oxygen atoms in total. The van der Waals surface area contributed by atoms with Gasteiger partial charge in [0.05, 0.1) is 23.2 Å². The number of hydrogen-bond donors (Lipinski definition) is 2. The Morgan fingerprint density at radius 2 is 2.15 bits per heavy atom. The largest absolute Gasteiger partial charge is 0.486 e. The van der Waals surface area contributed by atoms with Crippen molar-refractivity contribution in [1.29, 1.82) is 0 Å². The zero-order chi connectivity index (χ0) is 17.9. The van der Waals surface area contributed by atoms with Crippen molar-refractivity contribution in [3.63, 3.8) is 0 Å². The molecule has 0 atom stereocenters. The van der Waals surface area contributed by atoms with E-state index in [4.69, 9.17) is 4.74 Å². The fourth-order valence-electron chi connectivity index (χ4n) is 2.75. The molecule has 4 rings (SSSR count). The summed E-state index contributed by atoms with van der Waals surface area (Å²) in [6, 6.07) is 12.4. The predicted molar refractivity (Wildman–Crippen MR) is 99.6 cm³/mol. The second-order valence-electron chi connectivity index (χ2n) is 5.82. The third-order valence-corrected chi connectivity index (χ3v) is 4.61. The number of rotatable bonds is 5. The highest BCUT2D eigenvalue weighted by molar-refractivity contribution is 7.07. The van der Waals surface area contributed by atoms with Crippen molar-refractivity contribution >= 4 is 34.5 Å². The van der Waals surface area contributed by atoms with E-state index < -0.39 is 0 Å². The summed E-state index contributed by atoms with van der Waals surface area (Å²) >= 11 is 1.50. The quantitative estimate of drug-likeness (QED) is 0.725. The smallest absolute Gasteiger partial charge is 0.259 e. The fourth-order valence-corrected chi connectivity index (χ4v) is 3.29. The number of nitrogens with zero attached hydrogens (tertiary/aromatic N) is 1. The maximum absolute atomic E-state index is 12.7. The Morgan fingerprint density at radius 1 is 1.27 bits per heavy atom. The molecule has 0 saturated heterocycles. The van der Waals surface area contributed by atoms with Crippen molar-refractivity contribution in [2.45, 2.75) is 13.0 Å². The lowest BCUT2D eigenvalue weighted by atomic mass is 10.1. The number of anilines is 2. The molecule has 2 N–H and O–H groups in total. The summed E-state index contributed by atoms with van der Waals surface area (Å²) in [6.45, 7) is 0.306. The Hall–Kier alpha value is -3.19. The van der Waals surface area contributed by atoms with Crippen molar-refractivity contribution in [3.05, 3.63) is 70.2 Å². The standard InChI is InChI=1S/C19H15N3O3S/c23-18-8-12-7-13(5-6-16(12)22-18)21-19(24)15-3-1-2-4-17(15)25-9-14-10-26-11-20-14/h1-7,10-11H,8-9H2,(H,21,24)(H,22,23). The van der Waals surface area contributed by atoms with E-state index in [1.807, 2.05) is 17.5 Å². The number of thiazole rings is 1. The van der Waals surface area contributed by atoms with Gasteiger partial charge in [-0.25, -0.2) is 4.98 Å². The maximum atomic E-state index is 12.7. The highest BCUT2D eigenvalue weighted by Gasteiger charge is 2.19. The molecule has 130 valence electrons. The van der Waals surface area contributed by atoms with Crippen LogP contribution in [0.25, 0.3) is 0 Å². The number of carbonyl (C=O) groups is 2. The number of aromatic nitrogens is 1. The Bertz CT molecular complexity index is 970. The van der Waals surface area contributed by atoms with Gasteiger partial charge in [0, 0.05) is 16.8 Å². The zero-order valence-corrected chi connectivity index (χ0v) is 14.5. The van der Waals surface area contributed by atoms with E-state index in [1.54, 1.807) is 35.8 Å². The lowest BCUT2D eigenvalue weighted by Gasteiger charge is -2.11. The summed E-state index contributed by atoms with van der Waals surface area (Å²) in [5.41, 5.74) is 5.31. The lowest BCUT2D eigenvalue weighted by Crippen LogP contribution is -2.13. The van der Waals surface area contributed by atoms with Crippen LogP contribution in [0.2, 0.25) is 0 Å². The zero-order valence-electron chi connectivity index (χ0n) is 13.7. The van der Waals surface area contributed by atoms with E-state index in [0.29, 0.717) is 30.0 Å². The van der Waals surface area contributed by atoms with Gasteiger partial charge in [-0.3, -0.25) is 9.59 Å². The second kappa shape index (κ2) is 6.97. The molecule has 26 heavy (non-hydrogen) atoms. The van der Waals surface area contributed by atoms with E-state index in [9.17, 15) is 9.59 Å².